The molecule has 6 heteroatoms. The highest BCUT2D eigenvalue weighted by molar-refractivity contribution is 7.10. The number of rotatable bonds is 3. The van der Waals surface area contributed by atoms with Gasteiger partial charge in [0.2, 0.25) is 0 Å². The van der Waals surface area contributed by atoms with Crippen molar-refractivity contribution < 1.29 is 13.9 Å². The molecule has 0 saturated carbocycles. The summed E-state index contributed by atoms with van der Waals surface area (Å²) in [4.78, 5) is 27.4. The zero-order valence-corrected chi connectivity index (χ0v) is 15.5. The first-order chi connectivity index (χ1) is 12.5. The van der Waals surface area contributed by atoms with Crippen LogP contribution >= 0.6 is 11.3 Å². The van der Waals surface area contributed by atoms with Crippen LogP contribution in [0.15, 0.2) is 44.9 Å². The van der Waals surface area contributed by atoms with Crippen LogP contribution < -0.4 is 10.4 Å². The molecule has 0 radical (unpaired) electrons. The Morgan fingerprint density at radius 2 is 2.19 bits per heavy atom. The maximum atomic E-state index is 12.6. The Kier molecular flexibility index (Phi) is 4.28. The smallest absolute Gasteiger partial charge is 0.336 e. The lowest BCUT2D eigenvalue weighted by Crippen LogP contribution is -2.40. The number of amides is 1. The second-order valence-electron chi connectivity index (χ2n) is 6.51. The largest absolute Gasteiger partial charge is 0.484 e. The first-order valence-electron chi connectivity index (χ1n) is 8.56. The molecule has 1 aliphatic heterocycles. The van der Waals surface area contributed by atoms with Crippen LogP contribution in [0.1, 0.15) is 29.0 Å². The summed E-state index contributed by atoms with van der Waals surface area (Å²) in [6, 6.07) is 8.92. The van der Waals surface area contributed by atoms with E-state index in [1.807, 2.05) is 17.9 Å². The third-order valence-electron chi connectivity index (χ3n) is 4.88. The standard InChI is InChI=1S/C20H19NO4S/c1-12-9-20(23)25-17-10-14(3-4-15(12)17)24-11-19(22)21-7-5-18-16(13(21)2)6-8-26-18/h3-4,6,8-10,13H,5,7,11H2,1-2H3/t13-/m0/s1. The summed E-state index contributed by atoms with van der Waals surface area (Å²) in [6.07, 6.45) is 0.892. The number of aryl methyl sites for hydroxylation is 1. The Hall–Kier alpha value is -2.60. The van der Waals surface area contributed by atoms with Gasteiger partial charge >= 0.3 is 5.63 Å². The second-order valence-corrected chi connectivity index (χ2v) is 7.51. The van der Waals surface area contributed by atoms with E-state index in [1.165, 1.54) is 16.5 Å². The van der Waals surface area contributed by atoms with Crippen LogP contribution in [0.4, 0.5) is 0 Å². The zero-order valence-electron chi connectivity index (χ0n) is 14.7. The molecule has 0 spiro atoms. The van der Waals surface area contributed by atoms with Crippen LogP contribution in [-0.4, -0.2) is 24.0 Å². The van der Waals surface area contributed by atoms with Crippen LogP contribution in [0.25, 0.3) is 11.0 Å². The third-order valence-corrected chi connectivity index (χ3v) is 5.88. The molecule has 1 atom stereocenters. The van der Waals surface area contributed by atoms with Gasteiger partial charge in [-0.05, 0) is 55.0 Å². The minimum Gasteiger partial charge on any atom is -0.484 e. The Morgan fingerprint density at radius 3 is 3.04 bits per heavy atom. The van der Waals surface area contributed by atoms with Crippen molar-refractivity contribution in [2.75, 3.05) is 13.2 Å². The lowest BCUT2D eigenvalue weighted by Gasteiger charge is -2.33. The summed E-state index contributed by atoms with van der Waals surface area (Å²) >= 11 is 1.75. The van der Waals surface area contributed by atoms with Gasteiger partial charge in [-0.3, -0.25) is 4.79 Å². The van der Waals surface area contributed by atoms with Crippen molar-refractivity contribution >= 4 is 28.2 Å². The zero-order chi connectivity index (χ0) is 18.3. The normalized spacial score (nSPS) is 16.5. The van der Waals surface area contributed by atoms with Crippen molar-refractivity contribution in [3.05, 3.63) is 62.1 Å². The molecular weight excluding hydrogens is 350 g/mol. The van der Waals surface area contributed by atoms with Gasteiger partial charge < -0.3 is 14.1 Å². The molecule has 0 saturated heterocycles. The molecule has 4 rings (SSSR count). The van der Waals surface area contributed by atoms with Crippen LogP contribution in [-0.2, 0) is 11.2 Å². The average Bonchev–Trinajstić information content (AvgIpc) is 3.09. The summed E-state index contributed by atoms with van der Waals surface area (Å²) in [7, 11) is 0. The lowest BCUT2D eigenvalue weighted by atomic mass is 10.0. The molecule has 134 valence electrons. The van der Waals surface area contributed by atoms with E-state index >= 15 is 0 Å². The first-order valence-corrected chi connectivity index (χ1v) is 9.44. The van der Waals surface area contributed by atoms with E-state index in [1.54, 1.807) is 23.5 Å². The fourth-order valence-electron chi connectivity index (χ4n) is 3.47. The van der Waals surface area contributed by atoms with Gasteiger partial charge in [0.05, 0.1) is 6.04 Å². The van der Waals surface area contributed by atoms with Crippen LogP contribution in [0.5, 0.6) is 5.75 Å². The molecular formula is C20H19NO4S. The monoisotopic (exact) mass is 369 g/mol. The maximum absolute atomic E-state index is 12.6. The highest BCUT2D eigenvalue weighted by Crippen LogP contribution is 2.32. The fraction of sp³-hybridized carbons (Fsp3) is 0.300. The predicted molar refractivity (Wildman–Crippen MR) is 101 cm³/mol. The van der Waals surface area contributed by atoms with E-state index in [0.717, 1.165) is 17.4 Å². The lowest BCUT2D eigenvalue weighted by molar-refractivity contribution is -0.135. The quantitative estimate of drug-likeness (QED) is 0.661. The molecule has 1 amide bonds. The number of hydrogen-bond donors (Lipinski definition) is 0. The third kappa shape index (κ3) is 3.01. The van der Waals surface area contributed by atoms with Crippen LogP contribution in [0, 0.1) is 6.92 Å². The van der Waals surface area contributed by atoms with Crippen molar-refractivity contribution in [2.24, 2.45) is 0 Å². The van der Waals surface area contributed by atoms with Gasteiger partial charge in [-0.15, -0.1) is 11.3 Å². The van der Waals surface area contributed by atoms with Gasteiger partial charge in [0.1, 0.15) is 11.3 Å². The number of carbonyl (C=O) groups is 1. The van der Waals surface area contributed by atoms with Crippen LogP contribution in [0.2, 0.25) is 0 Å². The van der Waals surface area contributed by atoms with E-state index in [-0.39, 0.29) is 18.6 Å². The van der Waals surface area contributed by atoms with E-state index < -0.39 is 5.63 Å². The molecule has 3 heterocycles. The molecule has 0 aliphatic carbocycles. The van der Waals surface area contributed by atoms with Gasteiger partial charge in [0, 0.05) is 28.9 Å². The van der Waals surface area contributed by atoms with E-state index in [2.05, 4.69) is 18.4 Å². The minimum absolute atomic E-state index is 0.0363. The van der Waals surface area contributed by atoms with Gasteiger partial charge in [-0.25, -0.2) is 4.79 Å². The Balaban J connectivity index is 1.48. The SMILES string of the molecule is Cc1cc(=O)oc2cc(OCC(=O)N3CCc4sccc4[C@@H]3C)ccc12. The van der Waals surface area contributed by atoms with Crippen molar-refractivity contribution in [1.82, 2.24) is 4.90 Å². The number of hydrogen-bond acceptors (Lipinski definition) is 5. The topological polar surface area (TPSA) is 59.8 Å². The van der Waals surface area contributed by atoms with Gasteiger partial charge in [0.15, 0.2) is 6.61 Å². The highest BCUT2D eigenvalue weighted by Gasteiger charge is 2.28. The van der Waals surface area contributed by atoms with Crippen LogP contribution in [0.3, 0.4) is 0 Å². The van der Waals surface area contributed by atoms with Crippen molar-refractivity contribution in [3.8, 4) is 5.75 Å². The number of nitrogens with zero attached hydrogens (tertiary/aromatic N) is 1. The predicted octanol–water partition coefficient (Wildman–Crippen LogP) is 3.69. The molecule has 5 nitrogen and oxygen atoms in total. The molecule has 1 aliphatic rings. The van der Waals surface area contributed by atoms with E-state index in [0.29, 0.717) is 17.9 Å². The van der Waals surface area contributed by atoms with Gasteiger partial charge in [0.25, 0.3) is 5.91 Å². The molecule has 0 bridgehead atoms. The Labute approximate surface area is 154 Å². The van der Waals surface area contributed by atoms with Gasteiger partial charge in [-0.1, -0.05) is 0 Å². The number of thiophene rings is 1. The molecule has 0 N–H and O–H groups in total. The second kappa shape index (κ2) is 6.61. The number of ether oxygens (including phenoxy) is 1. The van der Waals surface area contributed by atoms with Crippen molar-refractivity contribution in [1.29, 1.82) is 0 Å². The molecule has 0 fully saturated rings. The molecule has 2 aromatic heterocycles. The fourth-order valence-corrected chi connectivity index (χ4v) is 4.44. The summed E-state index contributed by atoms with van der Waals surface area (Å²) in [5, 5.41) is 2.94. The Morgan fingerprint density at radius 1 is 1.35 bits per heavy atom. The summed E-state index contributed by atoms with van der Waals surface area (Å²) in [6.45, 7) is 4.59. The number of carbonyl (C=O) groups excluding carboxylic acids is 1. The molecule has 26 heavy (non-hydrogen) atoms. The molecule has 0 unspecified atom stereocenters. The average molecular weight is 369 g/mol. The maximum Gasteiger partial charge on any atom is 0.336 e. The van der Waals surface area contributed by atoms with Crippen molar-refractivity contribution in [2.45, 2.75) is 26.3 Å². The number of benzene rings is 1. The summed E-state index contributed by atoms with van der Waals surface area (Å²) in [5.41, 5.74) is 2.16. The molecule has 3 aromatic rings. The number of fused-ring (bicyclic) bond motifs is 2. The molecule has 1 aromatic carbocycles. The Bertz CT molecular complexity index is 1040. The summed E-state index contributed by atoms with van der Waals surface area (Å²) < 4.78 is 10.9. The van der Waals surface area contributed by atoms with Crippen molar-refractivity contribution in [3.63, 3.8) is 0 Å². The highest BCUT2D eigenvalue weighted by atomic mass is 32.1. The minimum atomic E-state index is -0.392. The van der Waals surface area contributed by atoms with E-state index in [9.17, 15) is 9.59 Å². The summed E-state index contributed by atoms with van der Waals surface area (Å²) in [5.74, 6) is 0.473. The van der Waals surface area contributed by atoms with Gasteiger partial charge in [-0.2, -0.15) is 0 Å². The van der Waals surface area contributed by atoms with E-state index in [4.69, 9.17) is 9.15 Å². The first kappa shape index (κ1) is 16.8.